The van der Waals surface area contributed by atoms with Crippen LogP contribution in [0.1, 0.15) is 17.4 Å². The molecule has 60 valence electrons. The lowest BCUT2D eigenvalue weighted by Crippen LogP contribution is -2.21. The molecule has 1 aromatic rings. The van der Waals surface area contributed by atoms with Gasteiger partial charge < -0.3 is 5.11 Å². The maximum absolute atomic E-state index is 10.4. The van der Waals surface area contributed by atoms with Gasteiger partial charge in [-0.2, -0.15) is 0 Å². The molecular weight excluding hydrogens is 160 g/mol. The maximum atomic E-state index is 10.4. The number of hydrogen-bond acceptors (Lipinski definition) is 3. The van der Waals surface area contributed by atoms with Crippen molar-refractivity contribution in [2.24, 2.45) is 0 Å². The lowest BCUT2D eigenvalue weighted by molar-refractivity contribution is -0.122. The lowest BCUT2D eigenvalue weighted by Gasteiger charge is -2.14. The van der Waals surface area contributed by atoms with E-state index in [4.69, 9.17) is 0 Å². The molecule has 1 unspecified atom stereocenters. The highest BCUT2D eigenvalue weighted by Gasteiger charge is 2.24. The summed E-state index contributed by atoms with van der Waals surface area (Å²) in [6.45, 7) is 3.38. The third-order valence-corrected chi connectivity index (χ3v) is 2.79. The third-order valence-electron chi connectivity index (χ3n) is 1.55. The highest BCUT2D eigenvalue weighted by molar-refractivity contribution is 7.10. The third kappa shape index (κ3) is 1.49. The SMILES string of the molecule is Cc1ccsc1C(C)(O)C=O. The Labute approximate surface area is 69.5 Å². The number of hydrogen-bond donors (Lipinski definition) is 1. The van der Waals surface area contributed by atoms with E-state index < -0.39 is 5.60 Å². The van der Waals surface area contributed by atoms with Crippen LogP contribution < -0.4 is 0 Å². The number of carbonyl (C=O) groups is 1. The topological polar surface area (TPSA) is 37.3 Å². The van der Waals surface area contributed by atoms with Gasteiger partial charge in [0.05, 0.1) is 0 Å². The van der Waals surface area contributed by atoms with E-state index in [1.807, 2.05) is 18.4 Å². The fourth-order valence-electron chi connectivity index (χ4n) is 0.945. The monoisotopic (exact) mass is 170 g/mol. The van der Waals surface area contributed by atoms with Crippen molar-refractivity contribution in [3.8, 4) is 0 Å². The average Bonchev–Trinajstić information content (AvgIpc) is 2.36. The van der Waals surface area contributed by atoms with Crippen molar-refractivity contribution in [3.63, 3.8) is 0 Å². The second-order valence-electron chi connectivity index (χ2n) is 2.70. The molecule has 0 radical (unpaired) electrons. The molecule has 0 saturated heterocycles. The summed E-state index contributed by atoms with van der Waals surface area (Å²) < 4.78 is 0. The summed E-state index contributed by atoms with van der Waals surface area (Å²) in [4.78, 5) is 11.2. The lowest BCUT2D eigenvalue weighted by atomic mass is 10.0. The highest BCUT2D eigenvalue weighted by Crippen LogP contribution is 2.26. The van der Waals surface area contributed by atoms with Crippen LogP contribution in [-0.2, 0) is 10.4 Å². The second kappa shape index (κ2) is 2.75. The molecule has 11 heavy (non-hydrogen) atoms. The van der Waals surface area contributed by atoms with Gasteiger partial charge in [-0.05, 0) is 30.9 Å². The number of aliphatic hydroxyl groups is 1. The first kappa shape index (κ1) is 8.43. The molecule has 1 rings (SSSR count). The first-order valence-corrected chi connectivity index (χ1v) is 4.19. The molecular formula is C8H10O2S. The molecule has 1 heterocycles. The zero-order chi connectivity index (χ0) is 8.48. The Kier molecular flexibility index (Phi) is 2.11. The molecule has 0 aliphatic rings. The van der Waals surface area contributed by atoms with Crippen molar-refractivity contribution in [2.75, 3.05) is 0 Å². The molecule has 0 saturated carbocycles. The van der Waals surface area contributed by atoms with Gasteiger partial charge in [-0.25, -0.2) is 0 Å². The van der Waals surface area contributed by atoms with Crippen molar-refractivity contribution in [1.82, 2.24) is 0 Å². The Morgan fingerprint density at radius 1 is 1.73 bits per heavy atom. The molecule has 1 N–H and O–H groups in total. The molecule has 0 aromatic carbocycles. The van der Waals surface area contributed by atoms with Crippen molar-refractivity contribution >= 4 is 17.6 Å². The molecule has 1 atom stereocenters. The van der Waals surface area contributed by atoms with Gasteiger partial charge >= 0.3 is 0 Å². The quantitative estimate of drug-likeness (QED) is 0.682. The molecule has 0 spiro atoms. The molecule has 3 heteroatoms. The minimum Gasteiger partial charge on any atom is -0.377 e. The summed E-state index contributed by atoms with van der Waals surface area (Å²) in [5.74, 6) is 0. The van der Waals surface area contributed by atoms with Crippen molar-refractivity contribution in [3.05, 3.63) is 21.9 Å². The van der Waals surface area contributed by atoms with E-state index in [1.165, 1.54) is 18.3 Å². The predicted molar refractivity (Wildman–Crippen MR) is 44.7 cm³/mol. The number of carbonyl (C=O) groups excluding carboxylic acids is 1. The normalized spacial score (nSPS) is 15.9. The molecule has 0 aliphatic heterocycles. The van der Waals surface area contributed by atoms with Crippen LogP contribution in [0.4, 0.5) is 0 Å². The second-order valence-corrected chi connectivity index (χ2v) is 3.61. The fraction of sp³-hybridized carbons (Fsp3) is 0.375. The van der Waals surface area contributed by atoms with Gasteiger partial charge in [0.2, 0.25) is 0 Å². The van der Waals surface area contributed by atoms with E-state index in [0.717, 1.165) is 10.4 Å². The largest absolute Gasteiger partial charge is 0.377 e. The van der Waals surface area contributed by atoms with Crippen LogP contribution in [-0.4, -0.2) is 11.4 Å². The zero-order valence-corrected chi connectivity index (χ0v) is 7.31. The molecule has 0 bridgehead atoms. The minimum atomic E-state index is -1.31. The molecule has 2 nitrogen and oxygen atoms in total. The zero-order valence-electron chi connectivity index (χ0n) is 6.50. The maximum Gasteiger partial charge on any atom is 0.156 e. The highest BCUT2D eigenvalue weighted by atomic mass is 32.1. The molecule has 0 aliphatic carbocycles. The fourth-order valence-corrected chi connectivity index (χ4v) is 1.89. The first-order valence-electron chi connectivity index (χ1n) is 3.31. The molecule has 1 aromatic heterocycles. The minimum absolute atomic E-state index is 0.561. The number of aldehydes is 1. The summed E-state index contributed by atoms with van der Waals surface area (Å²) in [5.41, 5.74) is -0.342. The standard InChI is InChI=1S/C8H10O2S/c1-6-3-4-11-7(6)8(2,10)5-9/h3-5,10H,1-2H3. The van der Waals surface area contributed by atoms with E-state index in [-0.39, 0.29) is 0 Å². The van der Waals surface area contributed by atoms with Crippen LogP contribution >= 0.6 is 11.3 Å². The van der Waals surface area contributed by atoms with Crippen LogP contribution in [0.2, 0.25) is 0 Å². The van der Waals surface area contributed by atoms with Crippen LogP contribution in [0.15, 0.2) is 11.4 Å². The van der Waals surface area contributed by atoms with Gasteiger partial charge in [0.25, 0.3) is 0 Å². The van der Waals surface area contributed by atoms with Crippen LogP contribution in [0.5, 0.6) is 0 Å². The Morgan fingerprint density at radius 3 is 2.73 bits per heavy atom. The van der Waals surface area contributed by atoms with E-state index >= 15 is 0 Å². The van der Waals surface area contributed by atoms with Crippen LogP contribution in [0.3, 0.4) is 0 Å². The van der Waals surface area contributed by atoms with E-state index in [0.29, 0.717) is 6.29 Å². The Balaban J connectivity index is 3.10. The van der Waals surface area contributed by atoms with E-state index in [9.17, 15) is 9.90 Å². The molecule has 0 amide bonds. The van der Waals surface area contributed by atoms with Crippen molar-refractivity contribution in [1.29, 1.82) is 0 Å². The predicted octanol–water partition coefficient (Wildman–Crippen LogP) is 1.46. The number of thiophene rings is 1. The van der Waals surface area contributed by atoms with Gasteiger partial charge in [0.15, 0.2) is 11.9 Å². The van der Waals surface area contributed by atoms with E-state index in [1.54, 1.807) is 0 Å². The van der Waals surface area contributed by atoms with Crippen LogP contribution in [0.25, 0.3) is 0 Å². The van der Waals surface area contributed by atoms with Gasteiger partial charge in [-0.3, -0.25) is 4.79 Å². The van der Waals surface area contributed by atoms with E-state index in [2.05, 4.69) is 0 Å². The van der Waals surface area contributed by atoms with Gasteiger partial charge in [-0.1, -0.05) is 0 Å². The summed E-state index contributed by atoms with van der Waals surface area (Å²) in [7, 11) is 0. The van der Waals surface area contributed by atoms with Crippen molar-refractivity contribution < 1.29 is 9.90 Å². The summed E-state index contributed by atoms with van der Waals surface area (Å²) >= 11 is 1.40. The van der Waals surface area contributed by atoms with Gasteiger partial charge in [0, 0.05) is 4.88 Å². The first-order chi connectivity index (χ1) is 5.08. The number of aryl methyl sites for hydroxylation is 1. The summed E-state index contributed by atoms with van der Waals surface area (Å²) in [5, 5.41) is 11.4. The Hall–Kier alpha value is -0.670. The smallest absolute Gasteiger partial charge is 0.156 e. The van der Waals surface area contributed by atoms with Gasteiger partial charge in [-0.15, -0.1) is 11.3 Å². The summed E-state index contributed by atoms with van der Waals surface area (Å²) in [6.07, 6.45) is 0.561. The van der Waals surface area contributed by atoms with Gasteiger partial charge in [0.1, 0.15) is 0 Å². The Bertz CT molecular complexity index is 263. The summed E-state index contributed by atoms with van der Waals surface area (Å²) in [6, 6.07) is 1.89. The van der Waals surface area contributed by atoms with Crippen molar-refractivity contribution in [2.45, 2.75) is 19.4 Å². The number of rotatable bonds is 2. The van der Waals surface area contributed by atoms with Crippen LogP contribution in [0, 0.1) is 6.92 Å². The average molecular weight is 170 g/mol. The molecule has 0 fully saturated rings. The Morgan fingerprint density at radius 2 is 2.36 bits per heavy atom.